The molecule has 0 spiro atoms. The van der Waals surface area contributed by atoms with E-state index in [1.54, 1.807) is 56.2 Å². The highest BCUT2D eigenvalue weighted by Gasteiger charge is 2.40. The van der Waals surface area contributed by atoms with E-state index in [2.05, 4.69) is 64.2 Å². The molecule has 0 aromatic carbocycles. The van der Waals surface area contributed by atoms with E-state index in [0.717, 1.165) is 73.2 Å². The predicted molar refractivity (Wildman–Crippen MR) is 225 cm³/mol. The molecular weight excluding hydrogens is 825 g/mol. The highest BCUT2D eigenvalue weighted by Crippen LogP contribution is 2.44. The largest absolute Gasteiger partial charge is 0.478 e. The van der Waals surface area contributed by atoms with Crippen molar-refractivity contribution in [3.8, 4) is 23.3 Å². The Bertz CT molecular complexity index is 2480. The lowest BCUT2D eigenvalue weighted by Crippen LogP contribution is -2.42. The second-order valence-electron chi connectivity index (χ2n) is 15.4. The number of aromatic nitrogens is 14. The van der Waals surface area contributed by atoms with Crippen LogP contribution in [0.1, 0.15) is 123 Å². The molecule has 20 nitrogen and oxygen atoms in total. The van der Waals surface area contributed by atoms with Crippen molar-refractivity contribution in [2.75, 3.05) is 29.2 Å². The third-order valence-corrected chi connectivity index (χ3v) is 11.6. The second kappa shape index (κ2) is 17.9. The standard InChI is InChI=1S/C20H25N9O.C18H20N8O2.CH2Cl2/c1-4-15-18-25-22-12-27(18)16-10-21-20(24-17(16)29(15)14-7-5-6-8-14)28-11-13(9-23-28)19(30)26(2)3;1-2-13-16-23-20-10-24(16)14-8-19-18(25-9-11(7-21-25)17(27)28)22-15(14)26(13)12-5-3-4-6-12;2-1-3/h9-12,14-15H,4-8H2,1-3H3;7-10,12-13H,2-6H2,1H3,(H,27,28);1H2/t15-;13-;/m11./s1. The summed E-state index contributed by atoms with van der Waals surface area (Å²) in [6, 6.07) is 1.02. The zero-order valence-corrected chi connectivity index (χ0v) is 35.8. The van der Waals surface area contributed by atoms with E-state index in [0.29, 0.717) is 29.5 Å². The van der Waals surface area contributed by atoms with E-state index < -0.39 is 5.97 Å². The van der Waals surface area contributed by atoms with Crippen LogP contribution in [0.25, 0.3) is 23.3 Å². The summed E-state index contributed by atoms with van der Waals surface area (Å²) in [5, 5.41) is 34.8. The summed E-state index contributed by atoms with van der Waals surface area (Å²) >= 11 is 9.53. The number of aromatic carboxylic acids is 1. The molecular formula is C39H47Cl2N17O3. The lowest BCUT2D eigenvalue weighted by molar-refractivity contribution is 0.0696. The quantitative estimate of drug-likeness (QED) is 0.181. The number of rotatable bonds is 8. The Hall–Kier alpha value is -6.02. The minimum Gasteiger partial charge on any atom is -0.478 e. The van der Waals surface area contributed by atoms with Crippen molar-refractivity contribution in [2.24, 2.45) is 0 Å². The summed E-state index contributed by atoms with van der Waals surface area (Å²) in [5.41, 5.74) is 2.32. The molecule has 0 saturated heterocycles. The van der Waals surface area contributed by atoms with Gasteiger partial charge in [0.2, 0.25) is 0 Å². The SMILES string of the molecule is CC[C@@H]1c2nncn2-c2cnc(-n3cc(C(=O)N(C)C)cn3)nc2N1C1CCCC1.CC[C@@H]1c2nncn2-c2cnc(-n3cc(C(=O)O)cn3)nc2N1C1CCCC1.ClCCl. The Morgan fingerprint density at radius 2 is 1.13 bits per heavy atom. The summed E-state index contributed by atoms with van der Waals surface area (Å²) in [5.74, 6) is 3.20. The first kappa shape index (κ1) is 41.7. The number of carbonyl (C=O) groups is 2. The average Bonchev–Trinajstić information content (AvgIpc) is 4.13. The summed E-state index contributed by atoms with van der Waals surface area (Å²) < 4.78 is 6.90. The maximum Gasteiger partial charge on any atom is 0.338 e. The first-order valence-electron chi connectivity index (χ1n) is 20.5. The van der Waals surface area contributed by atoms with Crippen molar-refractivity contribution in [3.63, 3.8) is 0 Å². The van der Waals surface area contributed by atoms with Gasteiger partial charge in [0.1, 0.15) is 24.0 Å². The zero-order chi connectivity index (χ0) is 42.8. The minimum atomic E-state index is -1.03. The van der Waals surface area contributed by atoms with E-state index in [-0.39, 0.29) is 28.9 Å². The molecule has 1 N–H and O–H groups in total. The number of carbonyl (C=O) groups excluding carboxylic acids is 1. The molecule has 2 aliphatic carbocycles. The molecule has 0 radical (unpaired) electrons. The van der Waals surface area contributed by atoms with Crippen molar-refractivity contribution in [1.82, 2.24) is 73.9 Å². The Morgan fingerprint density at radius 1 is 0.705 bits per heavy atom. The van der Waals surface area contributed by atoms with E-state index in [1.165, 1.54) is 47.7 Å². The fourth-order valence-electron chi connectivity index (χ4n) is 8.83. The van der Waals surface area contributed by atoms with Gasteiger partial charge in [-0.2, -0.15) is 20.2 Å². The van der Waals surface area contributed by atoms with E-state index in [9.17, 15) is 9.59 Å². The minimum absolute atomic E-state index is 0.0908. The van der Waals surface area contributed by atoms with Crippen molar-refractivity contribution in [2.45, 2.75) is 102 Å². The molecule has 8 heterocycles. The fraction of sp³-hybridized carbons (Fsp3) is 0.487. The summed E-state index contributed by atoms with van der Waals surface area (Å²) in [4.78, 5) is 48.4. The van der Waals surface area contributed by atoms with Crippen LogP contribution in [0, 0.1) is 0 Å². The lowest BCUT2D eigenvalue weighted by atomic mass is 10.0. The Morgan fingerprint density at radius 3 is 1.52 bits per heavy atom. The van der Waals surface area contributed by atoms with Crippen LogP contribution in [-0.2, 0) is 0 Å². The highest BCUT2D eigenvalue weighted by atomic mass is 35.5. The first-order valence-corrected chi connectivity index (χ1v) is 21.5. The fourth-order valence-corrected chi connectivity index (χ4v) is 8.83. The number of carboxylic acid groups (broad SMARTS) is 1. The molecule has 0 bridgehead atoms. The maximum absolute atomic E-state index is 12.2. The van der Waals surface area contributed by atoms with Gasteiger partial charge in [-0.1, -0.05) is 39.5 Å². The van der Waals surface area contributed by atoms with Gasteiger partial charge in [-0.15, -0.1) is 43.6 Å². The number of anilines is 2. The van der Waals surface area contributed by atoms with Gasteiger partial charge in [-0.05, 0) is 38.5 Å². The van der Waals surface area contributed by atoms with Crippen LogP contribution in [0.2, 0.25) is 0 Å². The molecule has 2 atom stereocenters. The predicted octanol–water partition coefficient (Wildman–Crippen LogP) is 5.73. The lowest BCUT2D eigenvalue weighted by Gasteiger charge is -2.40. The summed E-state index contributed by atoms with van der Waals surface area (Å²) in [6.07, 6.45) is 24.1. The molecule has 320 valence electrons. The maximum atomic E-state index is 12.2. The number of hydrogen-bond acceptors (Lipinski definition) is 14. The summed E-state index contributed by atoms with van der Waals surface area (Å²) in [6.45, 7) is 4.32. The van der Waals surface area contributed by atoms with Crippen LogP contribution < -0.4 is 9.80 Å². The number of carboxylic acids is 1. The molecule has 1 amide bonds. The highest BCUT2D eigenvalue weighted by molar-refractivity contribution is 6.40. The smallest absolute Gasteiger partial charge is 0.338 e. The Labute approximate surface area is 361 Å². The third kappa shape index (κ3) is 7.89. The topological polar surface area (TPSA) is 213 Å². The van der Waals surface area contributed by atoms with E-state index in [1.807, 2.05) is 9.13 Å². The summed E-state index contributed by atoms with van der Waals surface area (Å²) in [7, 11) is 3.44. The third-order valence-electron chi connectivity index (χ3n) is 11.6. The van der Waals surface area contributed by atoms with Crippen LogP contribution in [0.5, 0.6) is 0 Å². The Kier molecular flexibility index (Phi) is 12.2. The van der Waals surface area contributed by atoms with Gasteiger partial charge in [0.15, 0.2) is 23.3 Å². The van der Waals surface area contributed by atoms with Gasteiger partial charge < -0.3 is 19.8 Å². The molecule has 6 aromatic heterocycles. The molecule has 6 aromatic rings. The number of hydrogen-bond donors (Lipinski definition) is 1. The van der Waals surface area contributed by atoms with Crippen LogP contribution in [0.4, 0.5) is 11.6 Å². The normalized spacial score (nSPS) is 18.0. The molecule has 2 aliphatic heterocycles. The molecule has 2 saturated carbocycles. The van der Waals surface area contributed by atoms with Gasteiger partial charge in [0.25, 0.3) is 17.8 Å². The number of nitrogens with zero attached hydrogens (tertiary/aromatic N) is 17. The number of fused-ring (bicyclic) bond motifs is 6. The number of halogens is 2. The second-order valence-corrected chi connectivity index (χ2v) is 16.2. The van der Waals surface area contributed by atoms with Crippen molar-refractivity contribution >= 4 is 46.7 Å². The van der Waals surface area contributed by atoms with Crippen LogP contribution >= 0.6 is 23.2 Å². The van der Waals surface area contributed by atoms with Gasteiger partial charge in [0, 0.05) is 38.6 Å². The first-order chi connectivity index (χ1) is 29.7. The van der Waals surface area contributed by atoms with Crippen LogP contribution in [-0.4, -0.2) is 122 Å². The van der Waals surface area contributed by atoms with E-state index >= 15 is 0 Å². The van der Waals surface area contributed by atoms with Crippen molar-refractivity contribution < 1.29 is 14.7 Å². The monoisotopic (exact) mass is 871 g/mol. The van der Waals surface area contributed by atoms with Gasteiger partial charge in [-0.3, -0.25) is 13.9 Å². The number of alkyl halides is 2. The molecule has 0 unspecified atom stereocenters. The van der Waals surface area contributed by atoms with Crippen molar-refractivity contribution in [1.29, 1.82) is 0 Å². The molecule has 10 rings (SSSR count). The van der Waals surface area contributed by atoms with E-state index in [4.69, 9.17) is 38.3 Å². The number of amides is 1. The molecule has 22 heteroatoms. The van der Waals surface area contributed by atoms with Crippen LogP contribution in [0.15, 0.2) is 49.8 Å². The van der Waals surface area contributed by atoms with Gasteiger partial charge in [0.05, 0.1) is 53.3 Å². The molecule has 2 fully saturated rings. The van der Waals surface area contributed by atoms with Crippen molar-refractivity contribution in [3.05, 3.63) is 72.6 Å². The zero-order valence-electron chi connectivity index (χ0n) is 34.3. The van der Waals surface area contributed by atoms with Gasteiger partial charge in [-0.25, -0.2) is 24.1 Å². The molecule has 4 aliphatic rings. The van der Waals surface area contributed by atoms with Crippen LogP contribution in [0.3, 0.4) is 0 Å². The Balaban J connectivity index is 0.000000159. The molecule has 61 heavy (non-hydrogen) atoms. The van der Waals surface area contributed by atoms with Gasteiger partial charge >= 0.3 is 5.97 Å². The average molecular weight is 873 g/mol.